The van der Waals surface area contributed by atoms with Crippen LogP contribution in [0.2, 0.25) is 0 Å². The average molecular weight is 449 g/mol. The highest BCUT2D eigenvalue weighted by atomic mass is 79.9. The summed E-state index contributed by atoms with van der Waals surface area (Å²) in [5.41, 5.74) is 1.77. The van der Waals surface area contributed by atoms with Gasteiger partial charge in [-0.25, -0.2) is 0 Å². The van der Waals surface area contributed by atoms with E-state index in [2.05, 4.69) is 52.1 Å². The third-order valence-electron chi connectivity index (χ3n) is 4.85. The highest BCUT2D eigenvalue weighted by Crippen LogP contribution is 2.35. The van der Waals surface area contributed by atoms with Crippen molar-refractivity contribution in [1.29, 1.82) is 0 Å². The molecule has 5 nitrogen and oxygen atoms in total. The highest BCUT2D eigenvalue weighted by Gasteiger charge is 2.19. The van der Waals surface area contributed by atoms with Crippen LogP contribution < -0.4 is 14.8 Å². The minimum atomic E-state index is -0.144. The van der Waals surface area contributed by atoms with Crippen LogP contribution in [0.4, 0.5) is 0 Å². The summed E-state index contributed by atoms with van der Waals surface area (Å²) in [6, 6.07) is 14.0. The molecular formula is C22H29BrN2O3. The number of halogens is 1. The summed E-state index contributed by atoms with van der Waals surface area (Å²) >= 11 is 3.43. The van der Waals surface area contributed by atoms with Gasteiger partial charge >= 0.3 is 0 Å². The van der Waals surface area contributed by atoms with Crippen LogP contribution in [0.3, 0.4) is 0 Å². The normalized spacial score (nSPS) is 11.9. The quantitative estimate of drug-likeness (QED) is 0.592. The molecule has 0 aliphatic rings. The van der Waals surface area contributed by atoms with Gasteiger partial charge in [0, 0.05) is 18.2 Å². The molecule has 0 saturated heterocycles. The Balaban J connectivity index is 2.14. The summed E-state index contributed by atoms with van der Waals surface area (Å²) in [5.74, 6) is 0.984. The molecule has 1 amide bonds. The van der Waals surface area contributed by atoms with E-state index in [4.69, 9.17) is 9.47 Å². The van der Waals surface area contributed by atoms with Gasteiger partial charge in [0.2, 0.25) is 0 Å². The molecule has 1 unspecified atom stereocenters. The zero-order valence-corrected chi connectivity index (χ0v) is 18.6. The van der Waals surface area contributed by atoms with Gasteiger partial charge in [-0.2, -0.15) is 0 Å². The summed E-state index contributed by atoms with van der Waals surface area (Å²) < 4.78 is 11.4. The molecule has 0 heterocycles. The lowest BCUT2D eigenvalue weighted by atomic mass is 10.0. The Bertz CT molecular complexity index is 739. The first-order valence-electron chi connectivity index (χ1n) is 9.51. The maximum absolute atomic E-state index is 12.8. The van der Waals surface area contributed by atoms with Crippen LogP contribution >= 0.6 is 15.9 Å². The lowest BCUT2D eigenvalue weighted by molar-refractivity contribution is 0.0934. The molecule has 2 aromatic rings. The second-order valence-electron chi connectivity index (χ2n) is 6.47. The van der Waals surface area contributed by atoms with Gasteiger partial charge in [-0.1, -0.05) is 44.2 Å². The van der Waals surface area contributed by atoms with Crippen LogP contribution in [0.15, 0.2) is 46.9 Å². The second-order valence-corrected chi connectivity index (χ2v) is 7.26. The zero-order chi connectivity index (χ0) is 20.5. The smallest absolute Gasteiger partial charge is 0.251 e. The minimum Gasteiger partial charge on any atom is -0.495 e. The SMILES string of the molecule is CCN(CC)C(CNC(=O)c1cc(OC)c(Br)c(OC)c1)Cc1ccccc1. The lowest BCUT2D eigenvalue weighted by Gasteiger charge is -2.30. The van der Waals surface area contributed by atoms with Crippen molar-refractivity contribution in [3.63, 3.8) is 0 Å². The minimum absolute atomic E-state index is 0.144. The van der Waals surface area contributed by atoms with Gasteiger partial charge in [-0.05, 0) is 53.1 Å². The molecule has 152 valence electrons. The largest absolute Gasteiger partial charge is 0.495 e. The molecule has 0 saturated carbocycles. The first-order valence-corrected chi connectivity index (χ1v) is 10.3. The van der Waals surface area contributed by atoms with Gasteiger partial charge in [-0.15, -0.1) is 0 Å². The number of likely N-dealkylation sites (N-methyl/N-ethyl adjacent to an activating group) is 1. The van der Waals surface area contributed by atoms with Crippen molar-refractivity contribution in [1.82, 2.24) is 10.2 Å². The predicted molar refractivity (Wildman–Crippen MR) is 116 cm³/mol. The summed E-state index contributed by atoms with van der Waals surface area (Å²) in [6.45, 7) is 6.73. The molecule has 0 aromatic heterocycles. The van der Waals surface area contributed by atoms with Crippen molar-refractivity contribution in [3.8, 4) is 11.5 Å². The van der Waals surface area contributed by atoms with Crippen LogP contribution in [0.5, 0.6) is 11.5 Å². The molecule has 0 spiro atoms. The third kappa shape index (κ3) is 5.72. The van der Waals surface area contributed by atoms with Crippen LogP contribution in [0, 0.1) is 0 Å². The van der Waals surface area contributed by atoms with Crippen LogP contribution in [0.25, 0.3) is 0 Å². The third-order valence-corrected chi connectivity index (χ3v) is 5.63. The fourth-order valence-electron chi connectivity index (χ4n) is 3.27. The molecular weight excluding hydrogens is 420 g/mol. The second kappa shape index (κ2) is 11.1. The number of carbonyl (C=O) groups excluding carboxylic acids is 1. The average Bonchev–Trinajstić information content (AvgIpc) is 2.73. The molecule has 0 radical (unpaired) electrons. The monoisotopic (exact) mass is 448 g/mol. The Morgan fingerprint density at radius 3 is 2.14 bits per heavy atom. The number of nitrogens with zero attached hydrogens (tertiary/aromatic N) is 1. The van der Waals surface area contributed by atoms with Gasteiger partial charge in [0.05, 0.1) is 14.2 Å². The van der Waals surface area contributed by atoms with E-state index in [1.54, 1.807) is 26.4 Å². The van der Waals surface area contributed by atoms with Gasteiger partial charge in [-0.3, -0.25) is 9.69 Å². The van der Waals surface area contributed by atoms with Gasteiger partial charge in [0.15, 0.2) is 0 Å². The van der Waals surface area contributed by atoms with E-state index in [9.17, 15) is 4.79 Å². The van der Waals surface area contributed by atoms with Crippen LogP contribution in [-0.4, -0.2) is 50.7 Å². The van der Waals surface area contributed by atoms with E-state index >= 15 is 0 Å². The van der Waals surface area contributed by atoms with Crippen molar-refractivity contribution < 1.29 is 14.3 Å². The maximum atomic E-state index is 12.8. The predicted octanol–water partition coefficient (Wildman–Crippen LogP) is 4.15. The Kier molecular flexibility index (Phi) is 8.80. The fraction of sp³-hybridized carbons (Fsp3) is 0.409. The maximum Gasteiger partial charge on any atom is 0.251 e. The van der Waals surface area contributed by atoms with E-state index in [1.165, 1.54) is 5.56 Å². The van der Waals surface area contributed by atoms with E-state index in [-0.39, 0.29) is 11.9 Å². The summed E-state index contributed by atoms with van der Waals surface area (Å²) in [7, 11) is 3.13. The number of ether oxygens (including phenoxy) is 2. The number of hydrogen-bond donors (Lipinski definition) is 1. The number of carbonyl (C=O) groups is 1. The molecule has 1 atom stereocenters. The van der Waals surface area contributed by atoms with Crippen molar-refractivity contribution in [3.05, 3.63) is 58.1 Å². The number of amides is 1. The molecule has 0 aliphatic heterocycles. The zero-order valence-electron chi connectivity index (χ0n) is 17.0. The van der Waals surface area contributed by atoms with Gasteiger partial charge < -0.3 is 14.8 Å². The summed E-state index contributed by atoms with van der Waals surface area (Å²) in [4.78, 5) is 15.2. The first-order chi connectivity index (χ1) is 13.5. The molecule has 2 rings (SSSR count). The first kappa shape index (κ1) is 22.2. The number of benzene rings is 2. The Morgan fingerprint density at radius 1 is 1.07 bits per heavy atom. The van der Waals surface area contributed by atoms with E-state index in [0.717, 1.165) is 19.5 Å². The van der Waals surface area contributed by atoms with Crippen LogP contribution in [0.1, 0.15) is 29.8 Å². The molecule has 28 heavy (non-hydrogen) atoms. The number of hydrogen-bond acceptors (Lipinski definition) is 4. The standard InChI is InChI=1S/C22H29BrN2O3/c1-5-25(6-2)18(12-16-10-8-7-9-11-16)15-24-22(26)17-13-19(27-3)21(23)20(14-17)28-4/h7-11,13-14,18H,5-6,12,15H2,1-4H3,(H,24,26). The summed E-state index contributed by atoms with van der Waals surface area (Å²) in [5, 5.41) is 3.08. The fourth-order valence-corrected chi connectivity index (χ4v) is 3.82. The molecule has 0 fully saturated rings. The van der Waals surface area contributed by atoms with Gasteiger partial charge in [0.1, 0.15) is 16.0 Å². The van der Waals surface area contributed by atoms with Crippen molar-refractivity contribution in [2.75, 3.05) is 33.9 Å². The van der Waals surface area contributed by atoms with Crippen molar-refractivity contribution >= 4 is 21.8 Å². The molecule has 0 bridgehead atoms. The van der Waals surface area contributed by atoms with Crippen molar-refractivity contribution in [2.24, 2.45) is 0 Å². The number of rotatable bonds is 10. The molecule has 2 aromatic carbocycles. The van der Waals surface area contributed by atoms with E-state index < -0.39 is 0 Å². The van der Waals surface area contributed by atoms with E-state index in [1.807, 2.05) is 18.2 Å². The molecule has 0 aliphatic carbocycles. The summed E-state index contributed by atoms with van der Waals surface area (Å²) in [6.07, 6.45) is 0.885. The Labute approximate surface area is 176 Å². The lowest BCUT2D eigenvalue weighted by Crippen LogP contribution is -2.45. The molecule has 1 N–H and O–H groups in total. The Hall–Kier alpha value is -2.05. The molecule has 6 heteroatoms. The topological polar surface area (TPSA) is 50.8 Å². The van der Waals surface area contributed by atoms with Crippen molar-refractivity contribution in [2.45, 2.75) is 26.3 Å². The Morgan fingerprint density at radius 2 is 1.64 bits per heavy atom. The number of nitrogens with one attached hydrogen (secondary N) is 1. The highest BCUT2D eigenvalue weighted by molar-refractivity contribution is 9.10. The van der Waals surface area contributed by atoms with Gasteiger partial charge in [0.25, 0.3) is 5.91 Å². The number of methoxy groups -OCH3 is 2. The van der Waals surface area contributed by atoms with E-state index in [0.29, 0.717) is 28.1 Å². The van der Waals surface area contributed by atoms with Crippen LogP contribution in [-0.2, 0) is 6.42 Å².